The highest BCUT2D eigenvalue weighted by molar-refractivity contribution is 9.10. The fraction of sp³-hybridized carbons (Fsp3) is 0.154. The Kier molecular flexibility index (Phi) is 4.65. The number of hydrogen-bond donors (Lipinski definition) is 2. The topological polar surface area (TPSA) is 88.3 Å². The van der Waals surface area contributed by atoms with E-state index in [0.717, 1.165) is 5.56 Å². The Morgan fingerprint density at radius 1 is 1.40 bits per heavy atom. The van der Waals surface area contributed by atoms with E-state index in [1.54, 1.807) is 12.1 Å². The molecule has 1 aromatic carbocycles. The lowest BCUT2D eigenvalue weighted by Gasteiger charge is -2.12. The van der Waals surface area contributed by atoms with Crippen LogP contribution in [0.1, 0.15) is 11.7 Å². The van der Waals surface area contributed by atoms with Gasteiger partial charge in [0.1, 0.15) is 0 Å². The molecule has 1 aromatic heterocycles. The van der Waals surface area contributed by atoms with Crippen LogP contribution in [0.5, 0.6) is 0 Å². The van der Waals surface area contributed by atoms with Crippen molar-refractivity contribution >= 4 is 27.4 Å². The fourth-order valence-electron chi connectivity index (χ4n) is 1.69. The minimum absolute atomic E-state index is 0.133. The van der Waals surface area contributed by atoms with Crippen LogP contribution in [0.2, 0.25) is 0 Å². The zero-order valence-electron chi connectivity index (χ0n) is 10.4. The maximum atomic E-state index is 10.9. The average molecular weight is 338 g/mol. The molecule has 6 nitrogen and oxygen atoms in total. The number of aromatic nitrogens is 1. The zero-order valence-corrected chi connectivity index (χ0v) is 11.9. The molecule has 104 valence electrons. The summed E-state index contributed by atoms with van der Waals surface area (Å²) in [6.45, 7) is 0.138. The Hall–Kier alpha value is -1.99. The van der Waals surface area contributed by atoms with Crippen molar-refractivity contribution < 1.29 is 10.0 Å². The number of nitrogens with one attached hydrogen (secondary N) is 1. The number of pyridine rings is 1. The Morgan fingerprint density at radius 3 is 2.75 bits per heavy atom. The minimum Gasteiger partial charge on any atom is -0.387 e. The lowest BCUT2D eigenvalue weighted by Crippen LogP contribution is -2.14. The van der Waals surface area contributed by atoms with Crippen LogP contribution in [-0.2, 0) is 0 Å². The van der Waals surface area contributed by atoms with Crippen LogP contribution < -0.4 is 5.32 Å². The van der Waals surface area contributed by atoms with E-state index in [9.17, 15) is 15.2 Å². The highest BCUT2D eigenvalue weighted by Crippen LogP contribution is 2.25. The Bertz CT molecular complexity index is 607. The van der Waals surface area contributed by atoms with Gasteiger partial charge in [-0.3, -0.25) is 10.1 Å². The predicted molar refractivity (Wildman–Crippen MR) is 78.5 cm³/mol. The monoisotopic (exact) mass is 337 g/mol. The van der Waals surface area contributed by atoms with E-state index in [-0.39, 0.29) is 18.1 Å². The van der Waals surface area contributed by atoms with Gasteiger partial charge in [-0.1, -0.05) is 30.3 Å². The summed E-state index contributed by atoms with van der Waals surface area (Å²) in [4.78, 5) is 14.4. The van der Waals surface area contributed by atoms with E-state index in [1.807, 2.05) is 18.2 Å². The van der Waals surface area contributed by atoms with Crippen LogP contribution >= 0.6 is 15.9 Å². The fourth-order valence-corrected chi connectivity index (χ4v) is 2.01. The van der Waals surface area contributed by atoms with Gasteiger partial charge in [0.2, 0.25) is 5.82 Å². The number of anilines is 1. The third-order valence-corrected chi connectivity index (χ3v) is 3.11. The average Bonchev–Trinajstić information content (AvgIpc) is 2.46. The second-order valence-corrected chi connectivity index (χ2v) is 5.00. The molecule has 0 amide bonds. The standard InChI is InChI=1S/C13H12BrN3O3/c14-10-6-11(17(19)20)13(15-7-10)16-8-12(18)9-4-2-1-3-5-9/h1-7,12,18H,8H2,(H,15,16). The van der Waals surface area contributed by atoms with Gasteiger partial charge in [-0.25, -0.2) is 4.98 Å². The summed E-state index contributed by atoms with van der Waals surface area (Å²) in [5, 5.41) is 23.7. The smallest absolute Gasteiger partial charge is 0.312 e. The summed E-state index contributed by atoms with van der Waals surface area (Å²) in [6, 6.07) is 10.4. The van der Waals surface area contributed by atoms with Crippen molar-refractivity contribution in [3.63, 3.8) is 0 Å². The number of benzene rings is 1. The summed E-state index contributed by atoms with van der Waals surface area (Å²) in [7, 11) is 0. The van der Waals surface area contributed by atoms with E-state index in [0.29, 0.717) is 4.47 Å². The Balaban J connectivity index is 2.09. The van der Waals surface area contributed by atoms with Crippen LogP contribution in [0.4, 0.5) is 11.5 Å². The molecular weight excluding hydrogens is 326 g/mol. The van der Waals surface area contributed by atoms with E-state index in [1.165, 1.54) is 12.3 Å². The second kappa shape index (κ2) is 6.44. The third kappa shape index (κ3) is 3.52. The summed E-state index contributed by atoms with van der Waals surface area (Å²) < 4.78 is 0.526. The van der Waals surface area contributed by atoms with Crippen molar-refractivity contribution in [2.24, 2.45) is 0 Å². The maximum absolute atomic E-state index is 10.9. The van der Waals surface area contributed by atoms with Gasteiger partial charge >= 0.3 is 5.69 Å². The van der Waals surface area contributed by atoms with Gasteiger partial charge in [0, 0.05) is 23.3 Å². The summed E-state index contributed by atoms with van der Waals surface area (Å²) in [6.07, 6.45) is 0.700. The maximum Gasteiger partial charge on any atom is 0.312 e. The van der Waals surface area contributed by atoms with Crippen molar-refractivity contribution in [2.45, 2.75) is 6.10 Å². The van der Waals surface area contributed by atoms with Crippen LogP contribution in [0, 0.1) is 10.1 Å². The van der Waals surface area contributed by atoms with Gasteiger partial charge < -0.3 is 10.4 Å². The van der Waals surface area contributed by atoms with Crippen molar-refractivity contribution in [2.75, 3.05) is 11.9 Å². The van der Waals surface area contributed by atoms with Crippen LogP contribution in [-0.4, -0.2) is 21.6 Å². The van der Waals surface area contributed by atoms with Gasteiger partial charge in [-0.05, 0) is 21.5 Å². The normalized spacial score (nSPS) is 11.9. The number of hydrogen-bond acceptors (Lipinski definition) is 5. The first-order valence-electron chi connectivity index (χ1n) is 5.84. The van der Waals surface area contributed by atoms with E-state index in [2.05, 4.69) is 26.2 Å². The molecule has 2 N–H and O–H groups in total. The Labute approximate surface area is 123 Å². The first-order chi connectivity index (χ1) is 9.58. The summed E-state index contributed by atoms with van der Waals surface area (Å²) in [5.41, 5.74) is 0.597. The van der Waals surface area contributed by atoms with Crippen molar-refractivity contribution in [1.29, 1.82) is 0 Å². The van der Waals surface area contributed by atoms with Crippen molar-refractivity contribution in [3.05, 3.63) is 62.7 Å². The SMILES string of the molecule is O=[N+]([O-])c1cc(Br)cnc1NCC(O)c1ccccc1. The molecule has 0 radical (unpaired) electrons. The molecule has 0 spiro atoms. The van der Waals surface area contributed by atoms with Gasteiger partial charge in [0.15, 0.2) is 0 Å². The third-order valence-electron chi connectivity index (χ3n) is 2.68. The van der Waals surface area contributed by atoms with Crippen molar-refractivity contribution in [3.8, 4) is 0 Å². The minimum atomic E-state index is -0.763. The highest BCUT2D eigenvalue weighted by Gasteiger charge is 2.17. The molecule has 1 atom stereocenters. The molecule has 0 aliphatic heterocycles. The number of nitrogens with zero attached hydrogens (tertiary/aromatic N) is 2. The quantitative estimate of drug-likeness (QED) is 0.646. The predicted octanol–water partition coefficient (Wildman–Crippen LogP) is 2.90. The number of aliphatic hydroxyl groups excluding tert-OH is 1. The van der Waals surface area contributed by atoms with Crippen molar-refractivity contribution in [1.82, 2.24) is 4.98 Å². The first kappa shape index (κ1) is 14.4. The number of rotatable bonds is 5. The van der Waals surface area contributed by atoms with E-state index >= 15 is 0 Å². The lowest BCUT2D eigenvalue weighted by molar-refractivity contribution is -0.384. The summed E-state index contributed by atoms with van der Waals surface area (Å²) >= 11 is 3.14. The Morgan fingerprint density at radius 2 is 2.10 bits per heavy atom. The van der Waals surface area contributed by atoms with Gasteiger partial charge in [0.05, 0.1) is 11.0 Å². The molecule has 1 unspecified atom stereocenters. The molecule has 1 heterocycles. The van der Waals surface area contributed by atoms with Crippen LogP contribution in [0.3, 0.4) is 0 Å². The van der Waals surface area contributed by atoms with E-state index < -0.39 is 11.0 Å². The number of aliphatic hydroxyl groups is 1. The highest BCUT2D eigenvalue weighted by atomic mass is 79.9. The molecule has 0 aliphatic carbocycles. The zero-order chi connectivity index (χ0) is 14.5. The molecule has 2 rings (SSSR count). The van der Waals surface area contributed by atoms with Gasteiger partial charge in [-0.15, -0.1) is 0 Å². The van der Waals surface area contributed by atoms with E-state index in [4.69, 9.17) is 0 Å². The molecule has 0 saturated carbocycles. The van der Waals surface area contributed by atoms with Gasteiger partial charge in [-0.2, -0.15) is 0 Å². The number of halogens is 1. The second-order valence-electron chi connectivity index (χ2n) is 4.09. The molecule has 0 bridgehead atoms. The first-order valence-corrected chi connectivity index (χ1v) is 6.64. The molecule has 0 aliphatic rings. The molecule has 20 heavy (non-hydrogen) atoms. The molecule has 7 heteroatoms. The summed E-state index contributed by atoms with van der Waals surface area (Å²) in [5.74, 6) is 0.133. The number of nitro groups is 1. The van der Waals surface area contributed by atoms with Crippen LogP contribution in [0.15, 0.2) is 47.1 Å². The van der Waals surface area contributed by atoms with Crippen LogP contribution in [0.25, 0.3) is 0 Å². The molecular formula is C13H12BrN3O3. The lowest BCUT2D eigenvalue weighted by atomic mass is 10.1. The molecule has 2 aromatic rings. The molecule has 0 fully saturated rings. The molecule has 0 saturated heterocycles. The largest absolute Gasteiger partial charge is 0.387 e. The van der Waals surface area contributed by atoms with Gasteiger partial charge in [0.25, 0.3) is 0 Å².